The van der Waals surface area contributed by atoms with Crippen LogP contribution in [0.2, 0.25) is 0 Å². The van der Waals surface area contributed by atoms with E-state index in [1.54, 1.807) is 0 Å². The summed E-state index contributed by atoms with van der Waals surface area (Å²) in [4.78, 5) is 23.1. The smallest absolute Gasteiger partial charge is 0.478 e. The van der Waals surface area contributed by atoms with Crippen molar-refractivity contribution in [1.29, 1.82) is 0 Å². The molecule has 2 aromatic carbocycles. The molecule has 0 fully saturated rings. The minimum absolute atomic E-state index is 0.102. The Kier molecular flexibility index (Phi) is 5.31. The number of hydrogen-bond donors (Lipinski definition) is 2. The summed E-state index contributed by atoms with van der Waals surface area (Å²) in [7, 11) is 0. The van der Waals surface area contributed by atoms with Crippen LogP contribution in [-0.2, 0) is 11.3 Å². The Balaban J connectivity index is 1.72. The zero-order valence-electron chi connectivity index (χ0n) is 14.2. The molecule has 29 heavy (non-hydrogen) atoms. The van der Waals surface area contributed by atoms with Gasteiger partial charge in [-0.15, -0.1) is 13.2 Å². The predicted molar refractivity (Wildman–Crippen MR) is 90.1 cm³/mol. The Hall–Kier alpha value is -3.76. The number of hydrogen-bond acceptors (Lipinski definition) is 5. The van der Waals surface area contributed by atoms with Crippen LogP contribution >= 0.6 is 0 Å². The van der Waals surface area contributed by atoms with Gasteiger partial charge in [0.1, 0.15) is 23.8 Å². The Morgan fingerprint density at radius 3 is 2.59 bits per heavy atom. The highest BCUT2D eigenvalue weighted by atomic mass is 19.4. The minimum atomic E-state index is -4.99. The molecule has 1 amide bonds. The van der Waals surface area contributed by atoms with E-state index >= 15 is 0 Å². The lowest BCUT2D eigenvalue weighted by Gasteiger charge is -2.12. The molecule has 0 unspecified atom stereocenters. The van der Waals surface area contributed by atoms with Crippen LogP contribution in [0.3, 0.4) is 0 Å². The number of carbonyl (C=O) groups is 2. The van der Waals surface area contributed by atoms with Gasteiger partial charge in [0.15, 0.2) is 0 Å². The lowest BCUT2D eigenvalue weighted by molar-refractivity contribution is -0.274. The quantitative estimate of drug-likeness (QED) is 0.577. The maximum absolute atomic E-state index is 13.7. The molecule has 1 heterocycles. The van der Waals surface area contributed by atoms with Crippen molar-refractivity contribution in [3.8, 4) is 5.75 Å². The number of alkyl halides is 3. The van der Waals surface area contributed by atoms with Gasteiger partial charge in [0.25, 0.3) is 0 Å². The molecule has 0 bridgehead atoms. The highest BCUT2D eigenvalue weighted by Gasteiger charge is 2.31. The lowest BCUT2D eigenvalue weighted by Crippen LogP contribution is -2.18. The SMILES string of the molecule is O=C(Nc1cc(OC(F)(F)F)ccc1F)OCc1cc(C(=O)O)cc2occc12. The third kappa shape index (κ3) is 4.94. The van der Waals surface area contributed by atoms with E-state index in [0.717, 1.165) is 6.07 Å². The fourth-order valence-corrected chi connectivity index (χ4v) is 2.48. The second-order valence-electron chi connectivity index (χ2n) is 5.66. The van der Waals surface area contributed by atoms with Crippen LogP contribution in [-0.4, -0.2) is 23.5 Å². The number of ether oxygens (including phenoxy) is 2. The maximum atomic E-state index is 13.7. The zero-order valence-corrected chi connectivity index (χ0v) is 14.2. The fraction of sp³-hybridized carbons (Fsp3) is 0.111. The van der Waals surface area contributed by atoms with E-state index in [1.165, 1.54) is 24.5 Å². The van der Waals surface area contributed by atoms with Crippen molar-refractivity contribution < 1.29 is 46.1 Å². The molecular formula is C18H11F4NO6. The number of amides is 1. The first kappa shape index (κ1) is 20.0. The van der Waals surface area contributed by atoms with E-state index in [9.17, 15) is 27.2 Å². The molecule has 0 saturated carbocycles. The molecule has 152 valence electrons. The van der Waals surface area contributed by atoms with Gasteiger partial charge in [-0.05, 0) is 30.3 Å². The molecule has 0 aliphatic heterocycles. The molecule has 11 heteroatoms. The van der Waals surface area contributed by atoms with Crippen LogP contribution in [0.1, 0.15) is 15.9 Å². The number of aromatic carboxylic acids is 1. The van der Waals surface area contributed by atoms with Gasteiger partial charge < -0.3 is 19.0 Å². The molecule has 0 aliphatic rings. The van der Waals surface area contributed by atoms with Crippen molar-refractivity contribution in [1.82, 2.24) is 0 Å². The molecule has 0 aliphatic carbocycles. The monoisotopic (exact) mass is 413 g/mol. The highest BCUT2D eigenvalue weighted by Crippen LogP contribution is 2.27. The van der Waals surface area contributed by atoms with Crippen molar-refractivity contribution in [3.63, 3.8) is 0 Å². The van der Waals surface area contributed by atoms with Crippen LogP contribution < -0.4 is 10.1 Å². The minimum Gasteiger partial charge on any atom is -0.478 e. The summed E-state index contributed by atoms with van der Waals surface area (Å²) in [5, 5.41) is 11.6. The standard InChI is InChI=1S/C18H11F4NO6/c19-13-2-1-11(29-18(20,21)22)7-14(13)23-17(26)28-8-10-5-9(16(24)25)6-15-12(10)3-4-27-15/h1-7H,8H2,(H,23,26)(H,24,25). The second kappa shape index (κ2) is 7.70. The van der Waals surface area contributed by atoms with Gasteiger partial charge in [-0.25, -0.2) is 14.0 Å². The van der Waals surface area contributed by atoms with E-state index in [1.807, 2.05) is 5.32 Å². The molecule has 0 atom stereocenters. The van der Waals surface area contributed by atoms with E-state index in [0.29, 0.717) is 23.1 Å². The van der Waals surface area contributed by atoms with Crippen LogP contribution in [0.15, 0.2) is 47.1 Å². The molecule has 0 spiro atoms. The van der Waals surface area contributed by atoms with E-state index < -0.39 is 42.3 Å². The van der Waals surface area contributed by atoms with E-state index in [-0.39, 0.29) is 11.1 Å². The summed E-state index contributed by atoms with van der Waals surface area (Å²) in [5.74, 6) is -2.97. The molecular weight excluding hydrogens is 402 g/mol. The van der Waals surface area contributed by atoms with Crippen LogP contribution in [0.25, 0.3) is 11.0 Å². The number of furan rings is 1. The molecule has 3 rings (SSSR count). The van der Waals surface area contributed by atoms with Crippen molar-refractivity contribution in [2.45, 2.75) is 13.0 Å². The Morgan fingerprint density at radius 2 is 1.90 bits per heavy atom. The number of carbonyl (C=O) groups excluding carboxylic acids is 1. The number of rotatable bonds is 5. The summed E-state index contributed by atoms with van der Waals surface area (Å²) in [6, 6.07) is 6.17. The van der Waals surface area contributed by atoms with E-state index in [4.69, 9.17) is 14.3 Å². The summed E-state index contributed by atoms with van der Waals surface area (Å²) in [5.41, 5.74) is -0.135. The number of carboxylic acid groups (broad SMARTS) is 1. The van der Waals surface area contributed by atoms with Gasteiger partial charge in [0, 0.05) is 17.0 Å². The maximum Gasteiger partial charge on any atom is 0.573 e. The largest absolute Gasteiger partial charge is 0.573 e. The topological polar surface area (TPSA) is 98.0 Å². The second-order valence-corrected chi connectivity index (χ2v) is 5.66. The molecule has 3 aromatic rings. The molecule has 0 radical (unpaired) electrons. The summed E-state index contributed by atoms with van der Waals surface area (Å²) < 4.78 is 64.3. The first-order chi connectivity index (χ1) is 13.6. The molecule has 1 aromatic heterocycles. The highest BCUT2D eigenvalue weighted by molar-refractivity contribution is 5.94. The lowest BCUT2D eigenvalue weighted by atomic mass is 10.1. The van der Waals surface area contributed by atoms with Crippen LogP contribution in [0.4, 0.5) is 28.0 Å². The fourth-order valence-electron chi connectivity index (χ4n) is 2.48. The average Bonchev–Trinajstić information content (AvgIpc) is 3.10. The summed E-state index contributed by atoms with van der Waals surface area (Å²) >= 11 is 0. The molecule has 0 saturated heterocycles. The Labute approximate surface area is 159 Å². The third-order valence-electron chi connectivity index (χ3n) is 3.67. The van der Waals surface area contributed by atoms with Gasteiger partial charge in [0.2, 0.25) is 0 Å². The number of nitrogens with one attached hydrogen (secondary N) is 1. The average molecular weight is 413 g/mol. The van der Waals surface area contributed by atoms with Gasteiger partial charge in [-0.3, -0.25) is 5.32 Å². The normalized spacial score (nSPS) is 11.3. The van der Waals surface area contributed by atoms with Crippen LogP contribution in [0.5, 0.6) is 5.75 Å². The Morgan fingerprint density at radius 1 is 1.14 bits per heavy atom. The van der Waals surface area contributed by atoms with Gasteiger partial charge in [-0.1, -0.05) is 0 Å². The molecule has 2 N–H and O–H groups in total. The van der Waals surface area contributed by atoms with Crippen LogP contribution in [0, 0.1) is 5.82 Å². The number of halogens is 4. The molecule has 7 nitrogen and oxygen atoms in total. The van der Waals surface area contributed by atoms with Gasteiger partial charge >= 0.3 is 18.4 Å². The first-order valence-corrected chi connectivity index (χ1v) is 7.85. The number of anilines is 1. The number of carboxylic acids is 1. The predicted octanol–water partition coefficient (Wildman–Crippen LogP) is 4.92. The first-order valence-electron chi connectivity index (χ1n) is 7.85. The number of benzene rings is 2. The van der Waals surface area contributed by atoms with Crippen molar-refractivity contribution in [2.24, 2.45) is 0 Å². The third-order valence-corrected chi connectivity index (χ3v) is 3.67. The van der Waals surface area contributed by atoms with E-state index in [2.05, 4.69) is 4.74 Å². The van der Waals surface area contributed by atoms with Crippen molar-refractivity contribution >= 4 is 28.7 Å². The summed E-state index contributed by atoms with van der Waals surface area (Å²) in [6.45, 7) is -0.399. The van der Waals surface area contributed by atoms with Crippen molar-refractivity contribution in [2.75, 3.05) is 5.32 Å². The van der Waals surface area contributed by atoms with Gasteiger partial charge in [0.05, 0.1) is 17.5 Å². The zero-order chi connectivity index (χ0) is 21.2. The number of fused-ring (bicyclic) bond motifs is 1. The van der Waals surface area contributed by atoms with Crippen molar-refractivity contribution in [3.05, 3.63) is 59.6 Å². The summed E-state index contributed by atoms with van der Waals surface area (Å²) in [6.07, 6.45) is -4.84. The van der Waals surface area contributed by atoms with Gasteiger partial charge in [-0.2, -0.15) is 0 Å². The Bertz CT molecular complexity index is 1080.